The van der Waals surface area contributed by atoms with Crippen molar-refractivity contribution in [2.45, 2.75) is 32.2 Å². The minimum Gasteiger partial charge on any atom is -0.497 e. The van der Waals surface area contributed by atoms with E-state index in [1.54, 1.807) is 30.2 Å². The van der Waals surface area contributed by atoms with Gasteiger partial charge in [0, 0.05) is 38.1 Å². The van der Waals surface area contributed by atoms with E-state index in [0.717, 1.165) is 12.8 Å². The van der Waals surface area contributed by atoms with Crippen LogP contribution in [0.5, 0.6) is 5.75 Å². The number of carbonyl (C=O) groups excluding carboxylic acids is 2. The number of anilines is 1. The molecule has 3 amide bonds. The second kappa shape index (κ2) is 9.88. The van der Waals surface area contributed by atoms with Crippen LogP contribution >= 0.6 is 0 Å². The largest absolute Gasteiger partial charge is 0.497 e. The fourth-order valence-corrected chi connectivity index (χ4v) is 2.83. The van der Waals surface area contributed by atoms with E-state index in [1.165, 1.54) is 0 Å². The van der Waals surface area contributed by atoms with E-state index >= 15 is 0 Å². The van der Waals surface area contributed by atoms with Crippen molar-refractivity contribution in [1.29, 1.82) is 0 Å². The first kappa shape index (κ1) is 19.1. The molecule has 0 radical (unpaired) electrons. The molecule has 0 spiro atoms. The molecule has 0 aromatic heterocycles. The fraction of sp³-hybridized carbons (Fsp3) is 0.556. The van der Waals surface area contributed by atoms with Crippen LogP contribution in [0, 0.1) is 0 Å². The summed E-state index contributed by atoms with van der Waals surface area (Å²) in [5.74, 6) is 0.567. The number of amides is 3. The Morgan fingerprint density at radius 3 is 2.96 bits per heavy atom. The first-order chi connectivity index (χ1) is 12.2. The monoisotopic (exact) mass is 349 g/mol. The van der Waals surface area contributed by atoms with Gasteiger partial charge in [-0.2, -0.15) is 0 Å². The molecule has 7 heteroatoms. The van der Waals surface area contributed by atoms with E-state index in [9.17, 15) is 9.59 Å². The lowest BCUT2D eigenvalue weighted by Gasteiger charge is -2.24. The molecule has 0 bridgehead atoms. The minimum atomic E-state index is -0.419. The molecule has 7 nitrogen and oxygen atoms in total. The van der Waals surface area contributed by atoms with E-state index in [0.29, 0.717) is 44.2 Å². The Morgan fingerprint density at radius 1 is 1.36 bits per heavy atom. The van der Waals surface area contributed by atoms with Gasteiger partial charge in [-0.15, -0.1) is 0 Å². The second-order valence-electron chi connectivity index (χ2n) is 5.86. The molecule has 2 N–H and O–H groups in total. The van der Waals surface area contributed by atoms with E-state index in [2.05, 4.69) is 10.6 Å². The smallest absolute Gasteiger partial charge is 0.322 e. The van der Waals surface area contributed by atoms with Crippen LogP contribution in [0.1, 0.15) is 26.2 Å². The predicted molar refractivity (Wildman–Crippen MR) is 95.9 cm³/mol. The number of hydrogen-bond acceptors (Lipinski definition) is 4. The molecule has 0 saturated carbocycles. The molecule has 1 saturated heterocycles. The summed E-state index contributed by atoms with van der Waals surface area (Å²) in [6, 6.07) is 6.47. The molecule has 0 unspecified atom stereocenters. The number of nitrogens with one attached hydrogen (secondary N) is 2. The van der Waals surface area contributed by atoms with Crippen molar-refractivity contribution in [1.82, 2.24) is 10.2 Å². The van der Waals surface area contributed by atoms with Gasteiger partial charge in [0.15, 0.2) is 0 Å². The molecule has 1 aromatic carbocycles. The van der Waals surface area contributed by atoms with Crippen molar-refractivity contribution in [3.05, 3.63) is 24.3 Å². The summed E-state index contributed by atoms with van der Waals surface area (Å²) in [7, 11) is 1.58. The minimum absolute atomic E-state index is 0.102. The number of ether oxygens (including phenoxy) is 2. The Hall–Kier alpha value is -2.28. The zero-order valence-electron chi connectivity index (χ0n) is 14.9. The van der Waals surface area contributed by atoms with Crippen molar-refractivity contribution in [2.24, 2.45) is 0 Å². The number of carbonyl (C=O) groups is 2. The van der Waals surface area contributed by atoms with E-state index in [4.69, 9.17) is 9.47 Å². The standard InChI is InChI=1S/C18H27N3O4/c1-3-25-12-6-10-19-17(22)16-9-5-11-21(16)18(23)20-14-7-4-8-15(13-14)24-2/h4,7-8,13,16H,3,5-6,9-12H2,1-2H3,(H,19,22)(H,20,23)/t16-/m0/s1. The Balaban J connectivity index is 1.86. The van der Waals surface area contributed by atoms with Crippen molar-refractivity contribution >= 4 is 17.6 Å². The first-order valence-corrected chi connectivity index (χ1v) is 8.72. The molecule has 2 rings (SSSR count). The highest BCUT2D eigenvalue weighted by molar-refractivity contribution is 5.94. The fourth-order valence-electron chi connectivity index (χ4n) is 2.83. The maximum absolute atomic E-state index is 12.5. The summed E-state index contributed by atoms with van der Waals surface area (Å²) in [6.45, 7) is 4.37. The number of methoxy groups -OCH3 is 1. The van der Waals surface area contributed by atoms with Gasteiger partial charge in [0.05, 0.1) is 7.11 Å². The molecule has 1 aliphatic heterocycles. The topological polar surface area (TPSA) is 79.9 Å². The highest BCUT2D eigenvalue weighted by Crippen LogP contribution is 2.21. The highest BCUT2D eigenvalue weighted by atomic mass is 16.5. The Labute approximate surface area is 148 Å². The Bertz CT molecular complexity index is 579. The van der Waals surface area contributed by atoms with E-state index in [-0.39, 0.29) is 11.9 Å². The summed E-state index contributed by atoms with van der Waals surface area (Å²) in [4.78, 5) is 26.5. The summed E-state index contributed by atoms with van der Waals surface area (Å²) in [5.41, 5.74) is 0.645. The number of benzene rings is 1. The Kier molecular flexibility index (Phi) is 7.53. The van der Waals surface area contributed by atoms with Crippen LogP contribution in [0.25, 0.3) is 0 Å². The van der Waals surface area contributed by atoms with Gasteiger partial charge in [-0.1, -0.05) is 6.07 Å². The average Bonchev–Trinajstić information content (AvgIpc) is 3.11. The molecule has 0 aliphatic carbocycles. The lowest BCUT2D eigenvalue weighted by molar-refractivity contribution is -0.124. The molecule has 1 fully saturated rings. The number of urea groups is 1. The maximum Gasteiger partial charge on any atom is 0.322 e. The van der Waals surface area contributed by atoms with Gasteiger partial charge in [-0.05, 0) is 38.3 Å². The second-order valence-corrected chi connectivity index (χ2v) is 5.86. The molecule has 25 heavy (non-hydrogen) atoms. The normalized spacial score (nSPS) is 16.6. The molecule has 1 atom stereocenters. The number of hydrogen-bond donors (Lipinski definition) is 2. The van der Waals surface area contributed by atoms with Crippen LogP contribution in [-0.2, 0) is 9.53 Å². The SMILES string of the molecule is CCOCCCNC(=O)[C@@H]1CCCN1C(=O)Nc1cccc(OC)c1. The van der Waals surface area contributed by atoms with E-state index in [1.807, 2.05) is 13.0 Å². The van der Waals surface area contributed by atoms with Gasteiger partial charge in [-0.25, -0.2) is 4.79 Å². The summed E-state index contributed by atoms with van der Waals surface area (Å²) in [6.07, 6.45) is 2.27. The zero-order chi connectivity index (χ0) is 18.1. The lowest BCUT2D eigenvalue weighted by Crippen LogP contribution is -2.47. The number of likely N-dealkylation sites (tertiary alicyclic amines) is 1. The average molecular weight is 349 g/mol. The van der Waals surface area contributed by atoms with Gasteiger partial charge < -0.3 is 25.0 Å². The Morgan fingerprint density at radius 2 is 2.20 bits per heavy atom. The third-order valence-electron chi connectivity index (χ3n) is 4.11. The van der Waals surface area contributed by atoms with Crippen LogP contribution in [0.15, 0.2) is 24.3 Å². The summed E-state index contributed by atoms with van der Waals surface area (Å²) >= 11 is 0. The van der Waals surface area contributed by atoms with Crippen molar-refractivity contribution < 1.29 is 19.1 Å². The quantitative estimate of drug-likeness (QED) is 0.706. The number of rotatable bonds is 8. The molecule has 1 aromatic rings. The third kappa shape index (κ3) is 5.63. The first-order valence-electron chi connectivity index (χ1n) is 8.72. The highest BCUT2D eigenvalue weighted by Gasteiger charge is 2.33. The van der Waals surface area contributed by atoms with Crippen LogP contribution in [-0.4, -0.2) is 56.3 Å². The molecule has 138 valence electrons. The van der Waals surface area contributed by atoms with Crippen LogP contribution in [0.4, 0.5) is 10.5 Å². The zero-order valence-corrected chi connectivity index (χ0v) is 14.9. The molecule has 1 aliphatic rings. The van der Waals surface area contributed by atoms with Gasteiger partial charge in [0.25, 0.3) is 0 Å². The van der Waals surface area contributed by atoms with Gasteiger partial charge in [0.1, 0.15) is 11.8 Å². The maximum atomic E-state index is 12.5. The van der Waals surface area contributed by atoms with Crippen LogP contribution < -0.4 is 15.4 Å². The molecule has 1 heterocycles. The lowest BCUT2D eigenvalue weighted by atomic mass is 10.2. The van der Waals surface area contributed by atoms with Crippen LogP contribution in [0.3, 0.4) is 0 Å². The summed E-state index contributed by atoms with van der Waals surface area (Å²) < 4.78 is 10.4. The van der Waals surface area contributed by atoms with Crippen molar-refractivity contribution in [3.63, 3.8) is 0 Å². The van der Waals surface area contributed by atoms with Crippen LogP contribution in [0.2, 0.25) is 0 Å². The van der Waals surface area contributed by atoms with E-state index < -0.39 is 6.04 Å². The third-order valence-corrected chi connectivity index (χ3v) is 4.11. The van der Waals surface area contributed by atoms with Gasteiger partial charge >= 0.3 is 6.03 Å². The van der Waals surface area contributed by atoms with Gasteiger partial charge in [0.2, 0.25) is 5.91 Å². The van der Waals surface area contributed by atoms with Gasteiger partial charge in [-0.3, -0.25) is 4.79 Å². The van der Waals surface area contributed by atoms with Crippen molar-refractivity contribution in [2.75, 3.05) is 38.7 Å². The molecular formula is C18H27N3O4. The number of nitrogens with zero attached hydrogens (tertiary/aromatic N) is 1. The van der Waals surface area contributed by atoms with Crippen molar-refractivity contribution in [3.8, 4) is 5.75 Å². The summed E-state index contributed by atoms with van der Waals surface area (Å²) in [5, 5.41) is 5.72. The predicted octanol–water partition coefficient (Wildman–Crippen LogP) is 2.23. The molecular weight excluding hydrogens is 322 g/mol.